The fourth-order valence-electron chi connectivity index (χ4n) is 2.97. The Hall–Kier alpha value is -3.58. The van der Waals surface area contributed by atoms with Crippen LogP contribution in [-0.4, -0.2) is 38.1 Å². The first-order chi connectivity index (χ1) is 14.9. The highest BCUT2D eigenvalue weighted by molar-refractivity contribution is 7.86. The molecule has 0 aromatic heterocycles. The van der Waals surface area contributed by atoms with E-state index in [9.17, 15) is 35.5 Å². The van der Waals surface area contributed by atoms with Crippen molar-refractivity contribution >= 4 is 43.8 Å². The molecule has 10 nitrogen and oxygen atoms in total. The first-order valence-corrected chi connectivity index (χ1v) is 11.6. The van der Waals surface area contributed by atoms with E-state index in [2.05, 4.69) is 5.32 Å². The second-order valence-corrected chi connectivity index (χ2v) is 9.39. The minimum Gasteiger partial charge on any atom is -0.399 e. The van der Waals surface area contributed by atoms with Crippen LogP contribution < -0.4 is 11.1 Å². The smallest absolute Gasteiger partial charge is 0.295 e. The Labute approximate surface area is 183 Å². The number of amides is 1. The molecule has 3 aromatic carbocycles. The van der Waals surface area contributed by atoms with Gasteiger partial charge in [-0.1, -0.05) is 24.3 Å². The Balaban J connectivity index is 2.11. The summed E-state index contributed by atoms with van der Waals surface area (Å²) in [4.78, 5) is 22.0. The molecule has 0 atom stereocenters. The number of carbonyl (C=O) groups is 2. The number of nitrogens with one attached hydrogen (secondary N) is 1. The van der Waals surface area contributed by atoms with E-state index in [1.54, 1.807) is 0 Å². The van der Waals surface area contributed by atoms with Crippen molar-refractivity contribution in [1.29, 1.82) is 0 Å². The first kappa shape index (κ1) is 23.1. The molecule has 0 aliphatic carbocycles. The Kier molecular flexibility index (Phi) is 6.14. The van der Waals surface area contributed by atoms with Gasteiger partial charge in [0.05, 0.1) is 0 Å². The summed E-state index contributed by atoms with van der Waals surface area (Å²) < 4.78 is 66.8. The number of nitrogen functional groups attached to an aromatic ring is 1. The number of carbonyl (C=O) groups excluding carboxylic acids is 2. The van der Waals surface area contributed by atoms with Gasteiger partial charge in [-0.15, -0.1) is 0 Å². The van der Waals surface area contributed by atoms with Crippen LogP contribution in [-0.2, 0) is 20.2 Å². The SMILES string of the molecule is Nc1ccc(-c2ccc(NC(=O)c3cccc(C=O)c3)cc2S(=O)(=O)O)c(S(=O)(=O)O)c1. The molecule has 0 spiro atoms. The van der Waals surface area contributed by atoms with Crippen LogP contribution in [0.5, 0.6) is 0 Å². The molecule has 0 saturated heterocycles. The number of hydrogen-bond donors (Lipinski definition) is 4. The van der Waals surface area contributed by atoms with Crippen LogP contribution >= 0.6 is 0 Å². The van der Waals surface area contributed by atoms with E-state index in [0.29, 0.717) is 6.29 Å². The molecule has 3 aromatic rings. The molecule has 0 saturated carbocycles. The van der Waals surface area contributed by atoms with Gasteiger partial charge in [0.1, 0.15) is 16.1 Å². The molecule has 0 heterocycles. The molecule has 1 amide bonds. The van der Waals surface area contributed by atoms with Crippen LogP contribution in [0.25, 0.3) is 11.1 Å². The lowest BCUT2D eigenvalue weighted by Gasteiger charge is -2.14. The van der Waals surface area contributed by atoms with Crippen molar-refractivity contribution in [1.82, 2.24) is 0 Å². The van der Waals surface area contributed by atoms with Crippen molar-refractivity contribution in [2.24, 2.45) is 0 Å². The van der Waals surface area contributed by atoms with Crippen molar-refractivity contribution in [2.75, 3.05) is 11.1 Å². The van der Waals surface area contributed by atoms with Crippen molar-refractivity contribution in [2.45, 2.75) is 9.79 Å². The minimum atomic E-state index is -4.89. The number of rotatable bonds is 6. The highest BCUT2D eigenvalue weighted by Crippen LogP contribution is 2.35. The summed E-state index contributed by atoms with van der Waals surface area (Å²) in [5.74, 6) is -0.658. The summed E-state index contributed by atoms with van der Waals surface area (Å²) >= 11 is 0. The van der Waals surface area contributed by atoms with Crippen LogP contribution in [0.15, 0.2) is 70.5 Å². The molecule has 0 bridgehead atoms. The van der Waals surface area contributed by atoms with Gasteiger partial charge in [0.2, 0.25) is 0 Å². The number of hydrogen-bond acceptors (Lipinski definition) is 7. The number of nitrogens with two attached hydrogens (primary N) is 1. The summed E-state index contributed by atoms with van der Waals surface area (Å²) in [5, 5.41) is 2.44. The molecule has 12 heteroatoms. The number of aldehydes is 1. The average Bonchev–Trinajstić information content (AvgIpc) is 2.72. The van der Waals surface area contributed by atoms with Gasteiger partial charge in [0, 0.05) is 33.6 Å². The van der Waals surface area contributed by atoms with Crippen molar-refractivity contribution in [3.05, 3.63) is 71.8 Å². The van der Waals surface area contributed by atoms with Crippen molar-refractivity contribution in [3.63, 3.8) is 0 Å². The lowest BCUT2D eigenvalue weighted by atomic mass is 10.0. The van der Waals surface area contributed by atoms with Crippen molar-refractivity contribution in [3.8, 4) is 11.1 Å². The maximum atomic E-state index is 12.5. The summed E-state index contributed by atoms with van der Waals surface area (Å²) in [5.41, 5.74) is 5.43. The lowest BCUT2D eigenvalue weighted by molar-refractivity contribution is 0.102. The third-order valence-electron chi connectivity index (χ3n) is 4.38. The molecular formula is C20H16N2O8S2. The Morgan fingerprint density at radius 2 is 1.44 bits per heavy atom. The summed E-state index contributed by atoms with van der Waals surface area (Å²) in [6, 6.07) is 12.5. The number of benzene rings is 3. The normalized spacial score (nSPS) is 11.7. The van der Waals surface area contributed by atoms with Crippen LogP contribution in [0.1, 0.15) is 20.7 Å². The van der Waals surface area contributed by atoms with E-state index < -0.39 is 35.9 Å². The zero-order chi connectivity index (χ0) is 23.7. The minimum absolute atomic E-state index is 0.00350. The summed E-state index contributed by atoms with van der Waals surface area (Å²) in [7, 11) is -9.69. The Morgan fingerprint density at radius 1 is 0.844 bits per heavy atom. The largest absolute Gasteiger partial charge is 0.399 e. The van der Waals surface area contributed by atoms with Gasteiger partial charge in [-0.05, 0) is 36.4 Å². The zero-order valence-corrected chi connectivity index (χ0v) is 17.7. The van der Waals surface area contributed by atoms with Gasteiger partial charge in [0.15, 0.2) is 0 Å². The van der Waals surface area contributed by atoms with Gasteiger partial charge in [-0.2, -0.15) is 16.8 Å². The lowest BCUT2D eigenvalue weighted by Crippen LogP contribution is -2.13. The van der Waals surface area contributed by atoms with Crippen LogP contribution in [0, 0.1) is 0 Å². The van der Waals surface area contributed by atoms with Gasteiger partial charge >= 0.3 is 0 Å². The molecular weight excluding hydrogens is 460 g/mol. The quantitative estimate of drug-likeness (QED) is 0.236. The van der Waals surface area contributed by atoms with E-state index >= 15 is 0 Å². The molecule has 5 N–H and O–H groups in total. The average molecular weight is 476 g/mol. The van der Waals surface area contributed by atoms with Gasteiger partial charge < -0.3 is 11.1 Å². The molecule has 0 unspecified atom stereocenters. The standard InChI is InChI=1S/C20H16N2O8S2/c21-14-4-6-16(18(9-14)31(25,26)27)17-7-5-15(10-19(17)32(28,29)30)22-20(24)13-3-1-2-12(8-13)11-23/h1-11H,21H2,(H,22,24)(H,25,26,27)(H,28,29,30). The monoisotopic (exact) mass is 476 g/mol. The van der Waals surface area contributed by atoms with Crippen LogP contribution in [0.4, 0.5) is 11.4 Å². The fraction of sp³-hybridized carbons (Fsp3) is 0. The van der Waals surface area contributed by atoms with Crippen LogP contribution in [0.3, 0.4) is 0 Å². The molecule has 3 rings (SSSR count). The highest BCUT2D eigenvalue weighted by atomic mass is 32.2. The second kappa shape index (κ2) is 8.51. The predicted molar refractivity (Wildman–Crippen MR) is 116 cm³/mol. The van der Waals surface area contributed by atoms with Crippen molar-refractivity contribution < 1.29 is 35.5 Å². The molecule has 0 radical (unpaired) electrons. The predicted octanol–water partition coefficient (Wildman–Crippen LogP) is 2.49. The Morgan fingerprint density at radius 3 is 2.03 bits per heavy atom. The van der Waals surface area contributed by atoms with Gasteiger partial charge in [-0.3, -0.25) is 18.7 Å². The first-order valence-electron chi connectivity index (χ1n) is 8.75. The fourth-order valence-corrected chi connectivity index (χ4v) is 4.44. The third kappa shape index (κ3) is 5.00. The van der Waals surface area contributed by atoms with Gasteiger partial charge in [0.25, 0.3) is 26.1 Å². The summed E-state index contributed by atoms with van der Waals surface area (Å²) in [6.45, 7) is 0. The van der Waals surface area contributed by atoms with Crippen LogP contribution in [0.2, 0.25) is 0 Å². The maximum absolute atomic E-state index is 12.5. The molecule has 0 aliphatic heterocycles. The second-order valence-electron chi connectivity index (χ2n) is 6.61. The van der Waals surface area contributed by atoms with E-state index in [-0.39, 0.29) is 33.6 Å². The number of anilines is 2. The molecule has 0 fully saturated rings. The van der Waals surface area contributed by atoms with E-state index in [1.807, 2.05) is 0 Å². The van der Waals surface area contributed by atoms with E-state index in [4.69, 9.17) is 5.73 Å². The molecule has 0 aliphatic rings. The third-order valence-corrected chi connectivity index (χ3v) is 6.16. The topological polar surface area (TPSA) is 181 Å². The Bertz CT molecular complexity index is 1450. The summed E-state index contributed by atoms with van der Waals surface area (Å²) in [6.07, 6.45) is 0.557. The molecule has 166 valence electrons. The van der Waals surface area contributed by atoms with Gasteiger partial charge in [-0.25, -0.2) is 0 Å². The zero-order valence-electron chi connectivity index (χ0n) is 16.1. The highest BCUT2D eigenvalue weighted by Gasteiger charge is 2.24. The molecule has 32 heavy (non-hydrogen) atoms. The maximum Gasteiger partial charge on any atom is 0.295 e. The van der Waals surface area contributed by atoms with E-state index in [0.717, 1.165) is 18.2 Å². The van der Waals surface area contributed by atoms with E-state index in [1.165, 1.54) is 42.5 Å².